The van der Waals surface area contributed by atoms with E-state index in [4.69, 9.17) is 26.4 Å². The predicted octanol–water partition coefficient (Wildman–Crippen LogP) is 9.18. The number of likely N-dealkylation sites (tertiary alicyclic amines) is 1. The van der Waals surface area contributed by atoms with Crippen molar-refractivity contribution in [3.63, 3.8) is 0 Å². The van der Waals surface area contributed by atoms with Crippen molar-refractivity contribution in [2.24, 2.45) is 0 Å². The van der Waals surface area contributed by atoms with Gasteiger partial charge in [-0.1, -0.05) is 30.2 Å². The van der Waals surface area contributed by atoms with Gasteiger partial charge in [-0.05, 0) is 128 Å². The Morgan fingerprint density at radius 1 is 1.06 bits per heavy atom. The largest absolute Gasteiger partial charge is 0.479 e. The molecule has 3 aromatic carbocycles. The molecule has 1 saturated heterocycles. The van der Waals surface area contributed by atoms with E-state index < -0.39 is 17.7 Å². The lowest BCUT2D eigenvalue weighted by Gasteiger charge is -2.41. The monoisotopic (exact) mass is 713 g/mol. The number of rotatable bonds is 10. The standard InChI is InChI=1S/C40H48ClN5O3S/c1-24-22-31-37(34(25-10-13-28(41)14-11-25)33(24)36(39(47)48)49-40(2,3)4)50-38(42-31)27-12-15-32-30(23-27)35(43-46(32)21-20-44(5)6)26-16-18-45(19-17-26)29-8-7-9-29/h10-15,22-23,26,29,36H,7-9,16-21H2,1-6H3,(H,47,48)/t36-/m0/s1. The van der Waals surface area contributed by atoms with Crippen LogP contribution in [0.3, 0.4) is 0 Å². The summed E-state index contributed by atoms with van der Waals surface area (Å²) in [5.41, 5.74) is 6.75. The Bertz CT molecular complexity index is 2020. The molecule has 264 valence electrons. The number of nitrogens with zero attached hydrogens (tertiary/aromatic N) is 5. The maximum atomic E-state index is 12.8. The molecule has 1 atom stereocenters. The molecule has 5 aromatic rings. The summed E-state index contributed by atoms with van der Waals surface area (Å²) in [6.07, 6.45) is 5.18. The number of fused-ring (bicyclic) bond motifs is 2. The van der Waals surface area contributed by atoms with E-state index in [0.29, 0.717) is 16.5 Å². The summed E-state index contributed by atoms with van der Waals surface area (Å²) in [6, 6.07) is 17.0. The highest BCUT2D eigenvalue weighted by molar-refractivity contribution is 7.22. The minimum atomic E-state index is -1.15. The van der Waals surface area contributed by atoms with Gasteiger partial charge in [0.1, 0.15) is 5.01 Å². The number of thiazole rings is 1. The number of hydrogen-bond acceptors (Lipinski definition) is 7. The van der Waals surface area contributed by atoms with Crippen LogP contribution in [0.4, 0.5) is 0 Å². The normalized spacial score (nSPS) is 17.2. The van der Waals surface area contributed by atoms with E-state index in [9.17, 15) is 9.90 Å². The minimum Gasteiger partial charge on any atom is -0.479 e. The van der Waals surface area contributed by atoms with E-state index in [-0.39, 0.29) is 0 Å². The summed E-state index contributed by atoms with van der Waals surface area (Å²) in [7, 11) is 4.21. The Morgan fingerprint density at radius 2 is 1.76 bits per heavy atom. The summed E-state index contributed by atoms with van der Waals surface area (Å²) in [5, 5.41) is 18.5. The fourth-order valence-corrected chi connectivity index (χ4v) is 8.80. The molecule has 2 fully saturated rings. The highest BCUT2D eigenvalue weighted by Crippen LogP contribution is 2.45. The molecular weight excluding hydrogens is 666 g/mol. The van der Waals surface area contributed by atoms with E-state index in [1.165, 1.54) is 30.3 Å². The van der Waals surface area contributed by atoms with Gasteiger partial charge in [0.25, 0.3) is 0 Å². The van der Waals surface area contributed by atoms with E-state index in [1.54, 1.807) is 11.3 Å². The molecule has 0 bridgehead atoms. The lowest BCUT2D eigenvalue weighted by molar-refractivity contribution is -0.160. The molecular formula is C40H48ClN5O3S. The third kappa shape index (κ3) is 7.08. The van der Waals surface area contributed by atoms with Crippen molar-refractivity contribution in [1.82, 2.24) is 24.6 Å². The highest BCUT2D eigenvalue weighted by Gasteiger charge is 2.33. The fourth-order valence-electron chi connectivity index (χ4n) is 7.56. The maximum absolute atomic E-state index is 12.8. The van der Waals surface area contributed by atoms with Gasteiger partial charge in [0.15, 0.2) is 6.10 Å². The summed E-state index contributed by atoms with van der Waals surface area (Å²) in [5.74, 6) is -0.595. The molecule has 2 aromatic heterocycles. The van der Waals surface area contributed by atoms with Crippen molar-refractivity contribution < 1.29 is 14.6 Å². The van der Waals surface area contributed by atoms with E-state index in [0.717, 1.165) is 88.1 Å². The lowest BCUT2D eigenvalue weighted by Crippen LogP contribution is -2.44. The van der Waals surface area contributed by atoms with Crippen molar-refractivity contribution in [2.75, 3.05) is 33.7 Å². The number of hydrogen-bond donors (Lipinski definition) is 1. The van der Waals surface area contributed by atoms with Crippen molar-refractivity contribution in [3.05, 3.63) is 70.4 Å². The first-order valence-corrected chi connectivity index (χ1v) is 19.1. The molecule has 0 spiro atoms. The van der Waals surface area contributed by atoms with Gasteiger partial charge in [0.05, 0.1) is 33.6 Å². The van der Waals surface area contributed by atoms with Crippen molar-refractivity contribution in [2.45, 2.75) is 90.0 Å². The first kappa shape index (κ1) is 35.1. The molecule has 10 heteroatoms. The molecule has 1 aliphatic carbocycles. The van der Waals surface area contributed by atoms with Crippen LogP contribution in [0.1, 0.15) is 81.7 Å². The number of halogens is 1. The predicted molar refractivity (Wildman–Crippen MR) is 204 cm³/mol. The number of carboxylic acids is 1. The molecule has 0 amide bonds. The van der Waals surface area contributed by atoms with Crippen LogP contribution >= 0.6 is 22.9 Å². The van der Waals surface area contributed by atoms with E-state index in [1.807, 2.05) is 58.0 Å². The van der Waals surface area contributed by atoms with Gasteiger partial charge in [0.2, 0.25) is 0 Å². The summed E-state index contributed by atoms with van der Waals surface area (Å²) >= 11 is 7.91. The highest BCUT2D eigenvalue weighted by atomic mass is 35.5. The van der Waals surface area contributed by atoms with Crippen LogP contribution in [-0.4, -0.2) is 81.0 Å². The zero-order valence-corrected chi connectivity index (χ0v) is 31.6. The van der Waals surface area contributed by atoms with Crippen LogP contribution < -0.4 is 0 Å². The van der Waals surface area contributed by atoms with Crippen LogP contribution in [0.25, 0.3) is 42.8 Å². The third-order valence-electron chi connectivity index (χ3n) is 10.3. The van der Waals surface area contributed by atoms with Crippen LogP contribution in [0.15, 0.2) is 48.5 Å². The van der Waals surface area contributed by atoms with Crippen LogP contribution in [-0.2, 0) is 16.1 Å². The minimum absolute atomic E-state index is 0.428. The SMILES string of the molecule is Cc1cc2nc(-c3ccc4c(c3)c(C3CCN(C5CCC5)CC3)nn4CCN(C)C)sc2c(-c2ccc(Cl)cc2)c1[C@H](OC(C)(C)C)C(=O)O. The van der Waals surface area contributed by atoms with Crippen molar-refractivity contribution >= 4 is 50.0 Å². The Balaban J connectivity index is 1.34. The summed E-state index contributed by atoms with van der Waals surface area (Å²) in [4.78, 5) is 22.9. The summed E-state index contributed by atoms with van der Waals surface area (Å²) < 4.78 is 9.34. The average molecular weight is 714 g/mol. The van der Waals surface area contributed by atoms with Gasteiger partial charge in [-0.2, -0.15) is 5.10 Å². The molecule has 1 aliphatic heterocycles. The number of aryl methyl sites for hydroxylation is 1. The molecule has 3 heterocycles. The van der Waals surface area contributed by atoms with E-state index >= 15 is 0 Å². The topological polar surface area (TPSA) is 83.7 Å². The number of ether oxygens (including phenoxy) is 1. The number of aliphatic carboxylic acids is 1. The molecule has 2 aliphatic rings. The molecule has 1 saturated carbocycles. The molecule has 0 radical (unpaired) electrons. The molecule has 0 unspecified atom stereocenters. The van der Waals surface area contributed by atoms with Gasteiger partial charge in [0, 0.05) is 45.6 Å². The quantitative estimate of drug-likeness (QED) is 0.155. The van der Waals surface area contributed by atoms with Crippen LogP contribution in [0.2, 0.25) is 5.02 Å². The smallest absolute Gasteiger partial charge is 0.337 e. The zero-order valence-electron chi connectivity index (χ0n) is 30.0. The number of aromatic nitrogens is 3. The van der Waals surface area contributed by atoms with Crippen LogP contribution in [0.5, 0.6) is 0 Å². The van der Waals surface area contributed by atoms with Gasteiger partial charge in [-0.25, -0.2) is 9.78 Å². The van der Waals surface area contributed by atoms with Crippen molar-refractivity contribution in [3.8, 4) is 21.7 Å². The fraction of sp³-hybridized carbons (Fsp3) is 0.475. The number of benzene rings is 3. The Labute approximate surface area is 304 Å². The number of piperidine rings is 1. The molecule has 7 rings (SSSR count). The maximum Gasteiger partial charge on any atom is 0.337 e. The van der Waals surface area contributed by atoms with Crippen LogP contribution in [0, 0.1) is 6.92 Å². The second-order valence-electron chi connectivity index (χ2n) is 15.3. The zero-order chi connectivity index (χ0) is 35.3. The lowest BCUT2D eigenvalue weighted by atomic mass is 9.86. The molecule has 1 N–H and O–H groups in total. The molecule has 8 nitrogen and oxygen atoms in total. The van der Waals surface area contributed by atoms with Crippen molar-refractivity contribution in [1.29, 1.82) is 0 Å². The second kappa shape index (κ2) is 14.0. The van der Waals surface area contributed by atoms with E-state index in [2.05, 4.69) is 46.8 Å². The molecule has 50 heavy (non-hydrogen) atoms. The second-order valence-corrected chi connectivity index (χ2v) is 16.8. The first-order chi connectivity index (χ1) is 23.9. The number of carbonyl (C=O) groups is 1. The number of carboxylic acid groups (broad SMARTS) is 1. The Kier molecular flexibility index (Phi) is 9.82. The number of likely N-dealkylation sites (N-methyl/N-ethyl adjacent to an activating group) is 1. The Morgan fingerprint density at radius 3 is 2.38 bits per heavy atom. The van der Waals surface area contributed by atoms with Gasteiger partial charge in [-0.15, -0.1) is 11.3 Å². The van der Waals surface area contributed by atoms with Gasteiger partial charge >= 0.3 is 5.97 Å². The average Bonchev–Trinajstić information content (AvgIpc) is 3.63. The van der Waals surface area contributed by atoms with Gasteiger partial charge in [-0.3, -0.25) is 4.68 Å². The summed E-state index contributed by atoms with van der Waals surface area (Å²) in [6.45, 7) is 11.6. The third-order valence-corrected chi connectivity index (χ3v) is 11.7. The Hall–Kier alpha value is -3.34. The first-order valence-electron chi connectivity index (χ1n) is 17.9. The van der Waals surface area contributed by atoms with Gasteiger partial charge < -0.3 is 19.6 Å².